The molecule has 0 fully saturated rings. The van der Waals surface area contributed by atoms with Crippen LogP contribution in [-0.2, 0) is 6.61 Å². The van der Waals surface area contributed by atoms with Crippen LogP contribution in [0.2, 0.25) is 0 Å². The molecule has 1 aliphatic rings. The number of ketones is 1. The van der Waals surface area contributed by atoms with Gasteiger partial charge >= 0.3 is 0 Å². The number of Topliss-reactive ketones (excluding diaryl/α,β-unsaturated/α-hetero) is 1. The van der Waals surface area contributed by atoms with Crippen molar-refractivity contribution in [1.29, 1.82) is 0 Å². The lowest BCUT2D eigenvalue weighted by Crippen LogP contribution is -2.18. The first-order valence-corrected chi connectivity index (χ1v) is 9.06. The Balaban J connectivity index is 1.58. The summed E-state index contributed by atoms with van der Waals surface area (Å²) < 4.78 is 17.1. The standard InChI is InChI=1S/C24H20O4/c1-26-22-12-11-18(14-23(22)27-15-17-7-3-2-4-8-17)13-19-16-28-21-10-6-5-9-20(21)24(19)25/h2-14H,15-16H2,1H3/b19-13+. The highest BCUT2D eigenvalue weighted by atomic mass is 16.5. The first-order chi connectivity index (χ1) is 13.7. The summed E-state index contributed by atoms with van der Waals surface area (Å²) in [5.41, 5.74) is 3.13. The van der Waals surface area contributed by atoms with Crippen molar-refractivity contribution in [1.82, 2.24) is 0 Å². The van der Waals surface area contributed by atoms with Crippen LogP contribution in [0.15, 0.2) is 78.4 Å². The highest BCUT2D eigenvalue weighted by Gasteiger charge is 2.22. The van der Waals surface area contributed by atoms with E-state index in [0.29, 0.717) is 35.0 Å². The number of hydrogen-bond donors (Lipinski definition) is 0. The summed E-state index contributed by atoms with van der Waals surface area (Å²) in [5, 5.41) is 0. The van der Waals surface area contributed by atoms with E-state index in [1.807, 2.05) is 72.8 Å². The summed E-state index contributed by atoms with van der Waals surface area (Å²) in [6.45, 7) is 0.689. The van der Waals surface area contributed by atoms with Crippen LogP contribution in [0.3, 0.4) is 0 Å². The van der Waals surface area contributed by atoms with Crippen LogP contribution < -0.4 is 14.2 Å². The van der Waals surface area contributed by atoms with E-state index in [-0.39, 0.29) is 12.4 Å². The fourth-order valence-electron chi connectivity index (χ4n) is 3.11. The van der Waals surface area contributed by atoms with Crippen molar-refractivity contribution in [3.8, 4) is 17.2 Å². The largest absolute Gasteiger partial charge is 0.493 e. The molecule has 0 saturated heterocycles. The molecule has 0 aliphatic carbocycles. The van der Waals surface area contributed by atoms with E-state index < -0.39 is 0 Å². The molecule has 0 saturated carbocycles. The zero-order valence-electron chi connectivity index (χ0n) is 15.6. The van der Waals surface area contributed by atoms with Gasteiger partial charge in [0.1, 0.15) is 19.0 Å². The maximum absolute atomic E-state index is 12.7. The number of hydrogen-bond acceptors (Lipinski definition) is 4. The summed E-state index contributed by atoms with van der Waals surface area (Å²) in [5.74, 6) is 1.90. The number of ether oxygens (including phenoxy) is 3. The Morgan fingerprint density at radius 2 is 1.75 bits per heavy atom. The molecule has 4 nitrogen and oxygen atoms in total. The molecule has 0 bridgehead atoms. The van der Waals surface area contributed by atoms with Crippen LogP contribution in [-0.4, -0.2) is 19.5 Å². The van der Waals surface area contributed by atoms with Crippen molar-refractivity contribution in [2.24, 2.45) is 0 Å². The number of fused-ring (bicyclic) bond motifs is 1. The average molecular weight is 372 g/mol. The fraction of sp³-hybridized carbons (Fsp3) is 0.125. The number of carbonyl (C=O) groups is 1. The van der Waals surface area contributed by atoms with E-state index in [1.54, 1.807) is 13.2 Å². The van der Waals surface area contributed by atoms with Crippen LogP contribution in [0.4, 0.5) is 0 Å². The van der Waals surface area contributed by atoms with Crippen molar-refractivity contribution in [3.63, 3.8) is 0 Å². The van der Waals surface area contributed by atoms with Gasteiger partial charge in [0.25, 0.3) is 0 Å². The fourth-order valence-corrected chi connectivity index (χ4v) is 3.11. The van der Waals surface area contributed by atoms with Crippen molar-refractivity contribution in [2.45, 2.75) is 6.61 Å². The first-order valence-electron chi connectivity index (χ1n) is 9.06. The second kappa shape index (κ2) is 8.01. The smallest absolute Gasteiger partial charge is 0.196 e. The lowest BCUT2D eigenvalue weighted by Gasteiger charge is -2.18. The summed E-state index contributed by atoms with van der Waals surface area (Å²) >= 11 is 0. The molecule has 0 spiro atoms. The molecule has 1 heterocycles. The van der Waals surface area contributed by atoms with Gasteiger partial charge in [-0.05, 0) is 41.5 Å². The van der Waals surface area contributed by atoms with Gasteiger partial charge in [0.05, 0.1) is 12.7 Å². The van der Waals surface area contributed by atoms with E-state index >= 15 is 0 Å². The lowest BCUT2D eigenvalue weighted by molar-refractivity contribution is 0.100. The number of carbonyl (C=O) groups excluding carboxylic acids is 1. The summed E-state index contributed by atoms with van der Waals surface area (Å²) in [7, 11) is 1.61. The Labute approximate surface area is 164 Å². The summed E-state index contributed by atoms with van der Waals surface area (Å²) in [4.78, 5) is 12.7. The molecular formula is C24H20O4. The molecule has 4 rings (SSSR count). The monoisotopic (exact) mass is 372 g/mol. The van der Waals surface area contributed by atoms with Crippen molar-refractivity contribution >= 4 is 11.9 Å². The zero-order valence-corrected chi connectivity index (χ0v) is 15.6. The number of methoxy groups -OCH3 is 1. The second-order valence-corrected chi connectivity index (χ2v) is 6.47. The Morgan fingerprint density at radius 1 is 0.964 bits per heavy atom. The molecule has 3 aromatic rings. The molecule has 0 atom stereocenters. The van der Waals surface area contributed by atoms with Crippen LogP contribution in [0.1, 0.15) is 21.5 Å². The van der Waals surface area contributed by atoms with E-state index in [2.05, 4.69) is 0 Å². The lowest BCUT2D eigenvalue weighted by atomic mass is 9.98. The van der Waals surface area contributed by atoms with Crippen LogP contribution in [0.25, 0.3) is 6.08 Å². The average Bonchev–Trinajstić information content (AvgIpc) is 2.75. The van der Waals surface area contributed by atoms with Gasteiger partial charge < -0.3 is 14.2 Å². The molecule has 28 heavy (non-hydrogen) atoms. The van der Waals surface area contributed by atoms with Gasteiger partial charge in [0.2, 0.25) is 0 Å². The van der Waals surface area contributed by atoms with Crippen LogP contribution >= 0.6 is 0 Å². The molecule has 1 aliphatic heterocycles. The van der Waals surface area contributed by atoms with Gasteiger partial charge in [-0.2, -0.15) is 0 Å². The Morgan fingerprint density at radius 3 is 2.57 bits per heavy atom. The predicted octanol–water partition coefficient (Wildman–Crippen LogP) is 4.93. The maximum atomic E-state index is 12.7. The summed E-state index contributed by atoms with van der Waals surface area (Å²) in [6, 6.07) is 22.9. The van der Waals surface area contributed by atoms with Crippen molar-refractivity contribution in [2.75, 3.05) is 13.7 Å². The molecule has 0 N–H and O–H groups in total. The maximum Gasteiger partial charge on any atom is 0.196 e. The van der Waals surface area contributed by atoms with Gasteiger partial charge in [-0.3, -0.25) is 4.79 Å². The molecule has 4 heteroatoms. The van der Waals surface area contributed by atoms with Gasteiger partial charge in [0.15, 0.2) is 17.3 Å². The highest BCUT2D eigenvalue weighted by Crippen LogP contribution is 2.31. The molecule has 0 radical (unpaired) electrons. The minimum absolute atomic E-state index is 0.00979. The number of para-hydroxylation sites is 1. The summed E-state index contributed by atoms with van der Waals surface area (Å²) in [6.07, 6.45) is 1.84. The Kier molecular flexibility index (Phi) is 5.11. The predicted molar refractivity (Wildman–Crippen MR) is 108 cm³/mol. The third-order valence-corrected chi connectivity index (χ3v) is 4.57. The Hall–Kier alpha value is -3.53. The van der Waals surface area contributed by atoms with E-state index in [0.717, 1.165) is 11.1 Å². The Bertz CT molecular complexity index is 1020. The molecular weight excluding hydrogens is 352 g/mol. The molecule has 3 aromatic carbocycles. The molecule has 0 amide bonds. The van der Waals surface area contributed by atoms with Crippen molar-refractivity contribution in [3.05, 3.63) is 95.1 Å². The van der Waals surface area contributed by atoms with Gasteiger partial charge in [0, 0.05) is 5.57 Å². The van der Waals surface area contributed by atoms with Gasteiger partial charge in [-0.15, -0.1) is 0 Å². The van der Waals surface area contributed by atoms with Crippen LogP contribution in [0.5, 0.6) is 17.2 Å². The van der Waals surface area contributed by atoms with E-state index in [1.165, 1.54) is 0 Å². The zero-order chi connectivity index (χ0) is 19.3. The third kappa shape index (κ3) is 3.76. The van der Waals surface area contributed by atoms with Crippen molar-refractivity contribution < 1.29 is 19.0 Å². The molecule has 0 aromatic heterocycles. The van der Waals surface area contributed by atoms with Gasteiger partial charge in [-0.25, -0.2) is 0 Å². The highest BCUT2D eigenvalue weighted by molar-refractivity contribution is 6.14. The number of benzene rings is 3. The van der Waals surface area contributed by atoms with Gasteiger partial charge in [-0.1, -0.05) is 48.5 Å². The third-order valence-electron chi connectivity index (χ3n) is 4.57. The quantitative estimate of drug-likeness (QED) is 0.596. The molecule has 0 unspecified atom stereocenters. The van der Waals surface area contributed by atoms with Crippen LogP contribution in [0, 0.1) is 0 Å². The minimum Gasteiger partial charge on any atom is -0.493 e. The normalized spacial score (nSPS) is 14.3. The second-order valence-electron chi connectivity index (χ2n) is 6.47. The number of rotatable bonds is 5. The van der Waals surface area contributed by atoms with E-state index in [9.17, 15) is 4.79 Å². The SMILES string of the molecule is COc1ccc(/C=C2\COc3ccccc3C2=O)cc1OCc1ccccc1. The topological polar surface area (TPSA) is 44.8 Å². The first kappa shape index (κ1) is 17.9. The molecule has 140 valence electrons. The van der Waals surface area contributed by atoms with E-state index in [4.69, 9.17) is 14.2 Å². The minimum atomic E-state index is -0.00979.